The summed E-state index contributed by atoms with van der Waals surface area (Å²) in [4.78, 5) is 4.35. The average Bonchev–Trinajstić information content (AvgIpc) is 1.67. The Hall–Kier alpha value is -0.580. The SMILES string of the molecule is C=CO[NH+]([O-])N(C)C. The number of nitrogens with one attached hydrogen (secondary N) is 1. The molecule has 0 fully saturated rings. The summed E-state index contributed by atoms with van der Waals surface area (Å²) in [6.45, 7) is 3.21. The highest BCUT2D eigenvalue weighted by molar-refractivity contribution is 4.41. The minimum atomic E-state index is -0.403. The second-order valence-electron chi connectivity index (χ2n) is 1.44. The van der Waals surface area contributed by atoms with Gasteiger partial charge in [0.1, 0.15) is 0 Å². The Morgan fingerprint density at radius 2 is 2.25 bits per heavy atom. The zero-order chi connectivity index (χ0) is 6.57. The summed E-state index contributed by atoms with van der Waals surface area (Å²) < 4.78 is 0. The van der Waals surface area contributed by atoms with Crippen molar-refractivity contribution in [2.45, 2.75) is 0 Å². The van der Waals surface area contributed by atoms with Crippen LogP contribution in [0.25, 0.3) is 0 Å². The van der Waals surface area contributed by atoms with Crippen molar-refractivity contribution in [3.63, 3.8) is 0 Å². The molecule has 0 rings (SSSR count). The van der Waals surface area contributed by atoms with Gasteiger partial charge in [0.2, 0.25) is 0 Å². The van der Waals surface area contributed by atoms with Gasteiger partial charge in [-0.2, -0.15) is 0 Å². The third-order valence-electron chi connectivity index (χ3n) is 0.549. The number of quaternary nitrogens is 1. The van der Waals surface area contributed by atoms with Gasteiger partial charge in [0, 0.05) is 14.1 Å². The molecule has 0 saturated carbocycles. The predicted molar refractivity (Wildman–Crippen MR) is 29.3 cm³/mol. The summed E-state index contributed by atoms with van der Waals surface area (Å²) in [6.07, 6.45) is 1.10. The Bertz CT molecular complexity index is 74.4. The first kappa shape index (κ1) is 7.42. The van der Waals surface area contributed by atoms with E-state index in [0.29, 0.717) is 0 Å². The molecule has 0 heterocycles. The molecule has 0 aromatic carbocycles. The van der Waals surface area contributed by atoms with E-state index in [-0.39, 0.29) is 0 Å². The molecular weight excluding hydrogens is 108 g/mol. The van der Waals surface area contributed by atoms with E-state index in [1.165, 1.54) is 5.01 Å². The molecule has 0 aliphatic rings. The molecule has 0 aliphatic heterocycles. The minimum absolute atomic E-state index is 0.403. The highest BCUT2D eigenvalue weighted by Crippen LogP contribution is 1.56. The van der Waals surface area contributed by atoms with Crippen molar-refractivity contribution >= 4 is 0 Å². The van der Waals surface area contributed by atoms with Crippen LogP contribution in [0.4, 0.5) is 0 Å². The highest BCUT2D eigenvalue weighted by atomic mass is 16.9. The van der Waals surface area contributed by atoms with Crippen LogP contribution in [0.1, 0.15) is 0 Å². The monoisotopic (exact) mass is 118 g/mol. The van der Waals surface area contributed by atoms with Gasteiger partial charge in [-0.25, -0.2) is 0 Å². The van der Waals surface area contributed by atoms with Crippen LogP contribution in [0.5, 0.6) is 0 Å². The van der Waals surface area contributed by atoms with Gasteiger partial charge in [0.05, 0.1) is 0 Å². The first-order valence-corrected chi connectivity index (χ1v) is 2.17. The zero-order valence-corrected chi connectivity index (χ0v) is 5.05. The first-order chi connectivity index (χ1) is 3.68. The van der Waals surface area contributed by atoms with Crippen LogP contribution < -0.4 is 5.34 Å². The summed E-state index contributed by atoms with van der Waals surface area (Å²) >= 11 is 0. The van der Waals surface area contributed by atoms with Crippen LogP contribution in [0, 0.1) is 5.21 Å². The molecule has 1 atom stereocenters. The van der Waals surface area contributed by atoms with Crippen LogP contribution in [-0.2, 0) is 4.84 Å². The Labute approximate surface area is 48.5 Å². The van der Waals surface area contributed by atoms with Gasteiger partial charge in [-0.1, -0.05) is 6.58 Å². The standard InChI is InChI=1S/C4H10N2O2/c1-4-8-6(7)5(2)3/h4,6H,1H2,2-3H3. The topological polar surface area (TPSA) is 40.0 Å². The Morgan fingerprint density at radius 1 is 1.75 bits per heavy atom. The summed E-state index contributed by atoms with van der Waals surface area (Å²) in [6, 6.07) is 0. The van der Waals surface area contributed by atoms with Gasteiger partial charge in [-0.3, -0.25) is 0 Å². The molecule has 1 N–H and O–H groups in total. The molecule has 0 aromatic heterocycles. The van der Waals surface area contributed by atoms with Crippen molar-refractivity contribution in [3.05, 3.63) is 18.0 Å². The van der Waals surface area contributed by atoms with E-state index in [1.54, 1.807) is 14.1 Å². The molecule has 4 nitrogen and oxygen atoms in total. The second-order valence-corrected chi connectivity index (χ2v) is 1.44. The lowest BCUT2D eigenvalue weighted by Gasteiger charge is -2.22. The fourth-order valence-corrected chi connectivity index (χ4v) is 0.177. The van der Waals surface area contributed by atoms with Crippen molar-refractivity contribution in [1.82, 2.24) is 5.01 Å². The third kappa shape index (κ3) is 2.57. The summed E-state index contributed by atoms with van der Waals surface area (Å²) in [5.74, 6) is 0. The van der Waals surface area contributed by atoms with Gasteiger partial charge in [0.15, 0.2) is 6.26 Å². The van der Waals surface area contributed by atoms with Crippen molar-refractivity contribution in [2.75, 3.05) is 14.1 Å². The maximum atomic E-state index is 10.4. The molecule has 0 spiro atoms. The molecule has 0 aliphatic carbocycles. The van der Waals surface area contributed by atoms with Gasteiger partial charge in [0.25, 0.3) is 0 Å². The largest absolute Gasteiger partial charge is 0.570 e. The van der Waals surface area contributed by atoms with Gasteiger partial charge in [-0.05, 0) is 0 Å². The highest BCUT2D eigenvalue weighted by Gasteiger charge is 1.94. The van der Waals surface area contributed by atoms with Crippen molar-refractivity contribution in [2.24, 2.45) is 0 Å². The Balaban J connectivity index is 3.30. The molecule has 0 radical (unpaired) electrons. The lowest BCUT2D eigenvalue weighted by molar-refractivity contribution is -1.13. The molecule has 0 aromatic rings. The average molecular weight is 118 g/mol. The fourth-order valence-electron chi connectivity index (χ4n) is 0.177. The van der Waals surface area contributed by atoms with E-state index in [1.807, 2.05) is 0 Å². The molecule has 48 valence electrons. The van der Waals surface area contributed by atoms with Crippen LogP contribution >= 0.6 is 0 Å². The normalized spacial score (nSPS) is 13.5. The van der Waals surface area contributed by atoms with Crippen molar-refractivity contribution < 1.29 is 10.2 Å². The van der Waals surface area contributed by atoms with E-state index < -0.39 is 5.34 Å². The lowest BCUT2D eigenvalue weighted by atomic mass is 11.2. The van der Waals surface area contributed by atoms with E-state index in [4.69, 9.17) is 0 Å². The van der Waals surface area contributed by atoms with Crippen LogP contribution in [0.3, 0.4) is 0 Å². The maximum absolute atomic E-state index is 10.4. The molecule has 8 heavy (non-hydrogen) atoms. The molecule has 0 amide bonds. The van der Waals surface area contributed by atoms with E-state index >= 15 is 0 Å². The fraction of sp³-hybridized carbons (Fsp3) is 0.500. The third-order valence-corrected chi connectivity index (χ3v) is 0.549. The second kappa shape index (κ2) is 3.43. The predicted octanol–water partition coefficient (Wildman–Crippen LogP) is -1.08. The van der Waals surface area contributed by atoms with Gasteiger partial charge < -0.3 is 10.0 Å². The molecular formula is C4H10N2O2. The van der Waals surface area contributed by atoms with Crippen LogP contribution in [0.15, 0.2) is 12.8 Å². The lowest BCUT2D eigenvalue weighted by Crippen LogP contribution is -3.11. The van der Waals surface area contributed by atoms with Crippen LogP contribution in [-0.4, -0.2) is 19.1 Å². The molecule has 0 bridgehead atoms. The van der Waals surface area contributed by atoms with E-state index in [0.717, 1.165) is 6.26 Å². The first-order valence-electron chi connectivity index (χ1n) is 2.17. The smallest absolute Gasteiger partial charge is 0.150 e. The molecule has 1 unspecified atom stereocenters. The maximum Gasteiger partial charge on any atom is 0.150 e. The van der Waals surface area contributed by atoms with E-state index in [2.05, 4.69) is 11.4 Å². The number of hydrogen-bond acceptors (Lipinski definition) is 3. The number of nitrogens with zero attached hydrogens (tertiary/aromatic N) is 1. The van der Waals surface area contributed by atoms with Gasteiger partial charge >= 0.3 is 0 Å². The minimum Gasteiger partial charge on any atom is -0.570 e. The van der Waals surface area contributed by atoms with Gasteiger partial charge in [-0.15, -0.1) is 10.3 Å². The quantitative estimate of drug-likeness (QED) is 0.378. The van der Waals surface area contributed by atoms with Crippen LogP contribution in [0.2, 0.25) is 0 Å². The van der Waals surface area contributed by atoms with Crippen molar-refractivity contribution in [3.8, 4) is 0 Å². The molecule has 0 saturated heterocycles. The Morgan fingerprint density at radius 3 is 2.38 bits per heavy atom. The molecule has 4 heteroatoms. The Kier molecular flexibility index (Phi) is 3.18. The van der Waals surface area contributed by atoms with E-state index in [9.17, 15) is 5.21 Å². The number of hydrogen-bond donors (Lipinski definition) is 1. The zero-order valence-electron chi connectivity index (χ0n) is 5.05. The summed E-state index contributed by atoms with van der Waals surface area (Å²) in [5, 5.41) is 11.3. The number of rotatable bonds is 3. The summed E-state index contributed by atoms with van der Waals surface area (Å²) in [5.41, 5.74) is 0. The van der Waals surface area contributed by atoms with Crippen molar-refractivity contribution in [1.29, 1.82) is 0 Å². The summed E-state index contributed by atoms with van der Waals surface area (Å²) in [7, 11) is 3.21.